The maximum absolute atomic E-state index is 17.7. The van der Waals surface area contributed by atoms with Gasteiger partial charge in [0.1, 0.15) is 41.4 Å². The SMILES string of the molecule is C#Cc1c(F)ccc2cc(OC(=O)CCCCCCCCC)cc(-c3ncc4c(N5C[C@@H]6CC[C@@H](C5)N6C(=O)OCOC(=O)CCCCCCCCC)nc(OC[C@@]56CCCN5C[C@H](F)C6)nc4c3F)c12. The molecule has 0 N–H and O–H groups in total. The molecule has 0 unspecified atom stereocenters. The van der Waals surface area contributed by atoms with Gasteiger partial charge in [0.2, 0.25) is 6.79 Å². The third-order valence-electron chi connectivity index (χ3n) is 14.9. The first-order chi connectivity index (χ1) is 34.5. The number of ether oxygens (including phenoxy) is 4. The number of esters is 2. The largest absolute Gasteiger partial charge is 0.461 e. The molecule has 2 aromatic carbocycles. The highest BCUT2D eigenvalue weighted by Crippen LogP contribution is 2.43. The van der Waals surface area contributed by atoms with Gasteiger partial charge in [0.15, 0.2) is 5.82 Å². The first kappa shape index (κ1) is 51.7. The molecule has 71 heavy (non-hydrogen) atoms. The average Bonchev–Trinajstić information content (AvgIpc) is 3.98. The monoisotopic (exact) mass is 983 g/mol. The predicted octanol–water partition coefficient (Wildman–Crippen LogP) is 11.5. The summed E-state index contributed by atoms with van der Waals surface area (Å²) in [6, 6.07) is 5.03. The van der Waals surface area contributed by atoms with Crippen LogP contribution in [0.15, 0.2) is 30.5 Å². The zero-order valence-electron chi connectivity index (χ0n) is 41.5. The van der Waals surface area contributed by atoms with Gasteiger partial charge >= 0.3 is 24.0 Å². The van der Waals surface area contributed by atoms with Gasteiger partial charge in [-0.15, -0.1) is 6.42 Å². The number of amides is 1. The second-order valence-electron chi connectivity index (χ2n) is 20.0. The summed E-state index contributed by atoms with van der Waals surface area (Å²) in [6.45, 7) is 5.64. The van der Waals surface area contributed by atoms with E-state index in [-0.39, 0.29) is 76.4 Å². The maximum Gasteiger partial charge on any atom is 0.413 e. The van der Waals surface area contributed by atoms with Crippen molar-refractivity contribution in [2.45, 2.75) is 172 Å². The Balaban J connectivity index is 1.05. The van der Waals surface area contributed by atoms with Crippen LogP contribution in [0.25, 0.3) is 32.9 Å². The van der Waals surface area contributed by atoms with Gasteiger partial charge in [-0.2, -0.15) is 9.97 Å². The number of hydrogen-bond acceptors (Lipinski definition) is 12. The number of rotatable bonds is 24. The summed E-state index contributed by atoms with van der Waals surface area (Å²) in [4.78, 5) is 59.0. The number of nitrogens with zero attached hydrogens (tertiary/aromatic N) is 6. The van der Waals surface area contributed by atoms with Crippen LogP contribution in [0.2, 0.25) is 0 Å². The smallest absolute Gasteiger partial charge is 0.413 e. The summed E-state index contributed by atoms with van der Waals surface area (Å²) in [5, 5.41) is 0.888. The zero-order valence-corrected chi connectivity index (χ0v) is 41.5. The molecule has 6 heterocycles. The van der Waals surface area contributed by atoms with Crippen LogP contribution in [0.3, 0.4) is 0 Å². The minimum absolute atomic E-state index is 0.0914. The van der Waals surface area contributed by atoms with E-state index >= 15 is 8.78 Å². The van der Waals surface area contributed by atoms with Gasteiger partial charge < -0.3 is 23.8 Å². The van der Waals surface area contributed by atoms with E-state index in [0.29, 0.717) is 56.5 Å². The van der Waals surface area contributed by atoms with E-state index in [1.807, 2.05) is 4.90 Å². The highest BCUT2D eigenvalue weighted by atomic mass is 19.1. The number of aromatic nitrogens is 3. The molecular formula is C55H69F3N6O7. The molecule has 0 spiro atoms. The minimum Gasteiger partial charge on any atom is -0.461 e. The van der Waals surface area contributed by atoms with Crippen LogP contribution in [0.1, 0.15) is 154 Å². The first-order valence-corrected chi connectivity index (χ1v) is 26.2. The molecule has 4 atom stereocenters. The number of piperazine rings is 1. The van der Waals surface area contributed by atoms with E-state index < -0.39 is 48.2 Å². The molecule has 16 heteroatoms. The molecule has 4 aromatic rings. The van der Waals surface area contributed by atoms with Crippen LogP contribution in [0.4, 0.5) is 23.8 Å². The number of alkyl halides is 1. The molecule has 4 saturated heterocycles. The Kier molecular flexibility index (Phi) is 17.6. The van der Waals surface area contributed by atoms with Gasteiger partial charge in [-0.25, -0.2) is 18.0 Å². The topological polar surface area (TPSA) is 137 Å². The van der Waals surface area contributed by atoms with Crippen molar-refractivity contribution in [3.05, 3.63) is 47.7 Å². The normalized spacial score (nSPS) is 20.6. The first-order valence-electron chi connectivity index (χ1n) is 26.2. The number of hydrogen-bond donors (Lipinski definition) is 0. The van der Waals surface area contributed by atoms with Gasteiger partial charge in [-0.1, -0.05) is 103 Å². The second kappa shape index (κ2) is 24.2. The highest BCUT2D eigenvalue weighted by molar-refractivity contribution is 6.03. The van der Waals surface area contributed by atoms with Crippen molar-refractivity contribution in [3.8, 4) is 35.4 Å². The van der Waals surface area contributed by atoms with E-state index in [2.05, 4.69) is 34.6 Å². The fourth-order valence-corrected chi connectivity index (χ4v) is 11.3. The molecule has 4 aliphatic heterocycles. The van der Waals surface area contributed by atoms with Crippen molar-refractivity contribution in [1.29, 1.82) is 0 Å². The van der Waals surface area contributed by atoms with Crippen LogP contribution in [-0.2, 0) is 19.1 Å². The van der Waals surface area contributed by atoms with Crippen molar-refractivity contribution in [2.24, 2.45) is 0 Å². The molecule has 8 rings (SSSR count). The fraction of sp³-hybridized carbons (Fsp3) is 0.600. The summed E-state index contributed by atoms with van der Waals surface area (Å²) < 4.78 is 70.9. The van der Waals surface area contributed by atoms with Crippen LogP contribution >= 0.6 is 0 Å². The van der Waals surface area contributed by atoms with Crippen molar-refractivity contribution in [1.82, 2.24) is 24.8 Å². The third-order valence-corrected chi connectivity index (χ3v) is 14.9. The lowest BCUT2D eigenvalue weighted by molar-refractivity contribution is -0.152. The molecule has 1 amide bonds. The van der Waals surface area contributed by atoms with E-state index in [1.165, 1.54) is 56.5 Å². The van der Waals surface area contributed by atoms with Gasteiger partial charge in [-0.05, 0) is 68.7 Å². The van der Waals surface area contributed by atoms with E-state index in [9.17, 15) is 18.8 Å². The minimum atomic E-state index is -0.999. The molecule has 382 valence electrons. The number of halogens is 3. The van der Waals surface area contributed by atoms with Crippen LogP contribution in [-0.4, -0.2) is 106 Å². The Morgan fingerprint density at radius 2 is 1.52 bits per heavy atom. The molecule has 4 fully saturated rings. The van der Waals surface area contributed by atoms with Gasteiger partial charge in [0, 0.05) is 56.0 Å². The summed E-state index contributed by atoms with van der Waals surface area (Å²) in [5.74, 6) is 0.471. The summed E-state index contributed by atoms with van der Waals surface area (Å²) in [7, 11) is 0. The lowest BCUT2D eigenvalue weighted by atomic mass is 9.95. The van der Waals surface area contributed by atoms with Crippen molar-refractivity contribution < 1.29 is 46.5 Å². The van der Waals surface area contributed by atoms with Crippen LogP contribution in [0, 0.1) is 24.0 Å². The van der Waals surface area contributed by atoms with Gasteiger partial charge in [-0.3, -0.25) is 24.4 Å². The molecule has 0 saturated carbocycles. The molecular weight excluding hydrogens is 914 g/mol. The summed E-state index contributed by atoms with van der Waals surface area (Å²) in [6.07, 6.45) is 24.2. The van der Waals surface area contributed by atoms with Gasteiger partial charge in [0.25, 0.3) is 0 Å². The van der Waals surface area contributed by atoms with Crippen LogP contribution in [0.5, 0.6) is 11.8 Å². The molecule has 2 bridgehead atoms. The number of fused-ring (bicyclic) bond motifs is 5. The molecule has 0 radical (unpaired) electrons. The Morgan fingerprint density at radius 3 is 2.21 bits per heavy atom. The summed E-state index contributed by atoms with van der Waals surface area (Å²) in [5.41, 5.74) is -0.897. The Morgan fingerprint density at radius 1 is 0.845 bits per heavy atom. The molecule has 0 aliphatic carbocycles. The lowest BCUT2D eigenvalue weighted by Gasteiger charge is -2.41. The van der Waals surface area contributed by atoms with E-state index in [0.717, 1.165) is 70.8 Å². The Bertz CT molecular complexity index is 2560. The number of carbonyl (C=O) groups excluding carboxylic acids is 3. The predicted molar refractivity (Wildman–Crippen MR) is 266 cm³/mol. The Labute approximate surface area is 415 Å². The number of pyridine rings is 1. The molecule has 13 nitrogen and oxygen atoms in total. The number of benzene rings is 2. The van der Waals surface area contributed by atoms with Crippen LogP contribution < -0.4 is 14.4 Å². The molecule has 2 aromatic heterocycles. The average molecular weight is 983 g/mol. The van der Waals surface area contributed by atoms with E-state index in [4.69, 9.17) is 30.4 Å². The number of unbranched alkanes of at least 4 members (excludes halogenated alkanes) is 12. The fourth-order valence-electron chi connectivity index (χ4n) is 11.3. The molecule has 4 aliphatic rings. The third kappa shape index (κ3) is 12.2. The Hall–Kier alpha value is -5.69. The van der Waals surface area contributed by atoms with Crippen molar-refractivity contribution >= 4 is 45.5 Å². The van der Waals surface area contributed by atoms with Gasteiger partial charge in [0.05, 0.1) is 28.6 Å². The second-order valence-corrected chi connectivity index (χ2v) is 20.0. The highest BCUT2D eigenvalue weighted by Gasteiger charge is 2.50. The number of carbonyl (C=O) groups is 3. The van der Waals surface area contributed by atoms with E-state index in [1.54, 1.807) is 11.0 Å². The number of anilines is 1. The maximum atomic E-state index is 17.7. The zero-order chi connectivity index (χ0) is 49.9. The lowest BCUT2D eigenvalue weighted by Crippen LogP contribution is -2.56. The quantitative estimate of drug-likeness (QED) is 0.0217. The summed E-state index contributed by atoms with van der Waals surface area (Å²) >= 11 is 0. The standard InChI is InChI=1S/C55H69F3N6O7/c1-4-7-9-11-13-15-17-20-46(65)69-36-70-54(67)64-39-23-24-40(64)34-62(33-39)52-44-31-59-50(49(58)51(44)60-53(61-52)68-35-55-26-19-27-63(55)32-38(56)30-55)43-29-41(28-37-22-25-45(57)42(6-3)48(37)43)71-47(66)21-18-16-14-12-10-8-5-2/h3,22,25,28-29,31,38-40H,4-5,7-21,23-24,26-27,30,32-36H2,1-2H3/t38-,39+,40+,55+/m1/s1. The van der Waals surface area contributed by atoms with Crippen molar-refractivity contribution in [3.63, 3.8) is 0 Å². The van der Waals surface area contributed by atoms with Crippen molar-refractivity contribution in [2.75, 3.05) is 44.5 Å². The number of terminal acetylenes is 1.